The lowest BCUT2D eigenvalue weighted by atomic mass is 10.1. The molecule has 0 amide bonds. The van der Waals surface area contributed by atoms with Gasteiger partial charge in [0.2, 0.25) is 0 Å². The Morgan fingerprint density at radius 3 is 2.44 bits per heavy atom. The fourth-order valence-electron chi connectivity index (χ4n) is 1.42. The second-order valence-electron chi connectivity index (χ2n) is 4.82. The molecule has 2 heteroatoms. The molecule has 0 heterocycles. The minimum absolute atomic E-state index is 0.461. The highest BCUT2D eigenvalue weighted by Gasteiger charge is 2.08. The molecule has 1 nitrogen and oxygen atoms in total. The minimum Gasteiger partial charge on any atom is -0.386 e. The van der Waals surface area contributed by atoms with E-state index in [4.69, 9.17) is 0 Å². The molecule has 0 aliphatic carbocycles. The number of rotatable bonds is 5. The minimum atomic E-state index is -0.668. The van der Waals surface area contributed by atoms with Crippen molar-refractivity contribution in [1.82, 2.24) is 0 Å². The quantitative estimate of drug-likeness (QED) is 0.774. The Labute approximate surface area is 100 Å². The van der Waals surface area contributed by atoms with Crippen LogP contribution in [0.4, 0.5) is 0 Å². The molecule has 1 N–H and O–H groups in total. The van der Waals surface area contributed by atoms with Gasteiger partial charge in [0.25, 0.3) is 0 Å². The Bertz CT molecular complexity index is 324. The zero-order valence-electron chi connectivity index (χ0n) is 10.4. The average Bonchev–Trinajstić information content (AvgIpc) is 2.24. The van der Waals surface area contributed by atoms with E-state index in [0.29, 0.717) is 0 Å². The first-order valence-corrected chi connectivity index (χ1v) is 8.04. The first-order valence-electron chi connectivity index (χ1n) is 5.75. The van der Waals surface area contributed by atoms with Gasteiger partial charge in [-0.2, -0.15) is 0 Å². The molecule has 16 heavy (non-hydrogen) atoms. The Morgan fingerprint density at radius 2 is 1.88 bits per heavy atom. The summed E-state index contributed by atoms with van der Waals surface area (Å²) in [4.78, 5) is 0. The molecule has 0 spiro atoms. The van der Waals surface area contributed by atoms with Gasteiger partial charge in [-0.3, -0.25) is 0 Å². The maximum Gasteiger partial charge on any atom is 0.0767 e. The predicted molar refractivity (Wildman–Crippen MR) is 72.0 cm³/mol. The molecule has 1 radical (unpaired) electrons. The van der Waals surface area contributed by atoms with Gasteiger partial charge in [0.15, 0.2) is 0 Å². The van der Waals surface area contributed by atoms with E-state index in [2.05, 4.69) is 42.6 Å². The monoisotopic (exact) mass is 233 g/mol. The van der Waals surface area contributed by atoms with Crippen LogP contribution < -0.4 is 0 Å². The van der Waals surface area contributed by atoms with E-state index < -0.39 is 14.4 Å². The second-order valence-corrected chi connectivity index (χ2v) is 7.34. The van der Waals surface area contributed by atoms with Crippen molar-refractivity contribution in [3.05, 3.63) is 47.7 Å². The van der Waals surface area contributed by atoms with Gasteiger partial charge in [-0.1, -0.05) is 54.7 Å². The Hall–Kier alpha value is -0.863. The van der Waals surface area contributed by atoms with Gasteiger partial charge < -0.3 is 5.11 Å². The molecule has 0 aliphatic rings. The average molecular weight is 233 g/mol. The van der Waals surface area contributed by atoms with Crippen LogP contribution >= 0.6 is 0 Å². The SMILES string of the molecule is C[Si](C=CC(C)(C)O)CCc1ccccc1. The molecule has 0 atom stereocenters. The van der Waals surface area contributed by atoms with E-state index in [0.717, 1.165) is 6.42 Å². The normalized spacial score (nSPS) is 12.6. The van der Waals surface area contributed by atoms with Crippen molar-refractivity contribution in [2.45, 2.75) is 38.5 Å². The van der Waals surface area contributed by atoms with E-state index in [-0.39, 0.29) is 0 Å². The largest absolute Gasteiger partial charge is 0.386 e. The van der Waals surface area contributed by atoms with Gasteiger partial charge in [0.1, 0.15) is 0 Å². The molecular weight excluding hydrogens is 212 g/mol. The van der Waals surface area contributed by atoms with Crippen LogP contribution in [0.5, 0.6) is 0 Å². The number of aliphatic hydroxyl groups is 1. The summed E-state index contributed by atoms with van der Waals surface area (Å²) in [6.07, 6.45) is 3.06. The summed E-state index contributed by atoms with van der Waals surface area (Å²) in [5.41, 5.74) is 2.94. The van der Waals surface area contributed by atoms with Crippen LogP contribution in [0.2, 0.25) is 12.6 Å². The summed E-state index contributed by atoms with van der Waals surface area (Å²) in [7, 11) is -0.461. The first kappa shape index (κ1) is 13.2. The van der Waals surface area contributed by atoms with Crippen molar-refractivity contribution in [1.29, 1.82) is 0 Å². The molecule has 0 aliphatic heterocycles. The van der Waals surface area contributed by atoms with Crippen LogP contribution in [0.25, 0.3) is 0 Å². The van der Waals surface area contributed by atoms with Crippen molar-refractivity contribution >= 4 is 8.80 Å². The van der Waals surface area contributed by atoms with Gasteiger partial charge in [0, 0.05) is 0 Å². The number of hydrogen-bond acceptors (Lipinski definition) is 1. The smallest absolute Gasteiger partial charge is 0.0767 e. The summed E-state index contributed by atoms with van der Waals surface area (Å²) in [5.74, 6) is 0. The van der Waals surface area contributed by atoms with Crippen LogP contribution in [0, 0.1) is 0 Å². The highest BCUT2D eigenvalue weighted by atomic mass is 28.3. The maximum absolute atomic E-state index is 9.58. The molecule has 1 aromatic carbocycles. The van der Waals surface area contributed by atoms with Crippen LogP contribution in [0.1, 0.15) is 19.4 Å². The third kappa shape index (κ3) is 5.88. The molecule has 87 valence electrons. The van der Waals surface area contributed by atoms with E-state index in [1.807, 2.05) is 19.9 Å². The highest BCUT2D eigenvalue weighted by molar-refractivity contribution is 6.62. The number of aryl methyl sites for hydroxylation is 1. The van der Waals surface area contributed by atoms with Gasteiger partial charge in [-0.15, -0.1) is 0 Å². The van der Waals surface area contributed by atoms with Crippen molar-refractivity contribution < 1.29 is 5.11 Å². The molecule has 1 rings (SSSR count). The number of hydrogen-bond donors (Lipinski definition) is 1. The molecule has 0 saturated heterocycles. The third-order valence-electron chi connectivity index (χ3n) is 2.43. The Balaban J connectivity index is 2.36. The second kappa shape index (κ2) is 6.02. The van der Waals surface area contributed by atoms with Crippen molar-refractivity contribution in [2.75, 3.05) is 0 Å². The topological polar surface area (TPSA) is 20.2 Å². The molecule has 0 unspecified atom stereocenters. The van der Waals surface area contributed by atoms with E-state index in [1.165, 1.54) is 11.6 Å². The van der Waals surface area contributed by atoms with Gasteiger partial charge in [0.05, 0.1) is 14.4 Å². The lowest BCUT2D eigenvalue weighted by Gasteiger charge is -2.12. The summed E-state index contributed by atoms with van der Waals surface area (Å²) < 4.78 is 0. The standard InChI is InChI=1S/C14H21OSi/c1-14(2,15)10-12-16(3)11-9-13-7-5-4-6-8-13/h4-8,10,12,15H,9,11H2,1-3H3. The van der Waals surface area contributed by atoms with Crippen LogP contribution in [0.3, 0.4) is 0 Å². The van der Waals surface area contributed by atoms with Crippen LogP contribution in [-0.2, 0) is 6.42 Å². The molecule has 0 bridgehead atoms. The zero-order chi connectivity index (χ0) is 12.0. The van der Waals surface area contributed by atoms with E-state index in [9.17, 15) is 5.11 Å². The lowest BCUT2D eigenvalue weighted by Crippen LogP contribution is -2.16. The molecule has 0 saturated carbocycles. The zero-order valence-corrected chi connectivity index (χ0v) is 11.4. The third-order valence-corrected chi connectivity index (χ3v) is 4.20. The fourth-order valence-corrected chi connectivity index (χ4v) is 2.96. The van der Waals surface area contributed by atoms with Crippen molar-refractivity contribution in [3.63, 3.8) is 0 Å². The maximum atomic E-state index is 9.58. The summed E-state index contributed by atoms with van der Waals surface area (Å²) in [6, 6.07) is 11.8. The highest BCUT2D eigenvalue weighted by Crippen LogP contribution is 2.08. The Morgan fingerprint density at radius 1 is 1.25 bits per heavy atom. The van der Waals surface area contributed by atoms with E-state index >= 15 is 0 Å². The summed E-state index contributed by atoms with van der Waals surface area (Å²) >= 11 is 0. The van der Waals surface area contributed by atoms with Gasteiger partial charge in [-0.05, 0) is 25.8 Å². The van der Waals surface area contributed by atoms with Crippen LogP contribution in [-0.4, -0.2) is 19.5 Å². The fraction of sp³-hybridized carbons (Fsp3) is 0.429. The van der Waals surface area contributed by atoms with Gasteiger partial charge >= 0.3 is 0 Å². The molecule has 1 aromatic rings. The first-order chi connectivity index (χ1) is 7.47. The molecule has 0 aromatic heterocycles. The molecular formula is C14H21OSi. The van der Waals surface area contributed by atoms with Crippen molar-refractivity contribution in [3.8, 4) is 0 Å². The number of benzene rings is 1. The summed E-state index contributed by atoms with van der Waals surface area (Å²) in [5, 5.41) is 9.58. The van der Waals surface area contributed by atoms with Crippen molar-refractivity contribution in [2.24, 2.45) is 0 Å². The van der Waals surface area contributed by atoms with Crippen LogP contribution in [0.15, 0.2) is 42.1 Å². The predicted octanol–water partition coefficient (Wildman–Crippen LogP) is 3.22. The lowest BCUT2D eigenvalue weighted by molar-refractivity contribution is 0.133. The van der Waals surface area contributed by atoms with E-state index in [1.54, 1.807) is 0 Å². The molecule has 0 fully saturated rings. The van der Waals surface area contributed by atoms with Gasteiger partial charge in [-0.25, -0.2) is 0 Å². The Kier molecular flexibility index (Phi) is 4.96. The summed E-state index contributed by atoms with van der Waals surface area (Å²) in [6.45, 7) is 5.92.